The summed E-state index contributed by atoms with van der Waals surface area (Å²) in [6.07, 6.45) is 0. The highest BCUT2D eigenvalue weighted by Crippen LogP contribution is 2.40. The molecule has 4 nitrogen and oxygen atoms in total. The second-order valence-electron chi connectivity index (χ2n) is 4.44. The van der Waals surface area contributed by atoms with E-state index in [9.17, 15) is 9.90 Å². The zero-order valence-electron chi connectivity index (χ0n) is 10.4. The monoisotopic (exact) mass is 255 g/mol. The fourth-order valence-electron chi connectivity index (χ4n) is 2.36. The van der Waals surface area contributed by atoms with Crippen LogP contribution in [0.3, 0.4) is 0 Å². The molecule has 1 heterocycles. The second kappa shape index (κ2) is 4.10. The standard InChI is InChI=1S/C15H13NO3/c1-19-11-8-6-10(7-9-11)15(18)12-4-2-3-5-13(12)16-14(15)17/h2-9,18H,1H3,(H,16,17)/t15-/m0/s1. The summed E-state index contributed by atoms with van der Waals surface area (Å²) in [5.74, 6) is 0.248. The number of methoxy groups -OCH3 is 1. The lowest BCUT2D eigenvalue weighted by Crippen LogP contribution is -2.35. The van der Waals surface area contributed by atoms with Crippen molar-refractivity contribution in [1.82, 2.24) is 0 Å². The molecule has 0 unspecified atom stereocenters. The maximum atomic E-state index is 12.1. The molecule has 0 aromatic heterocycles. The van der Waals surface area contributed by atoms with E-state index < -0.39 is 11.5 Å². The molecule has 0 spiro atoms. The van der Waals surface area contributed by atoms with Gasteiger partial charge in [0.15, 0.2) is 5.60 Å². The van der Waals surface area contributed by atoms with Crippen molar-refractivity contribution in [3.05, 3.63) is 59.7 Å². The first-order valence-electron chi connectivity index (χ1n) is 5.94. The van der Waals surface area contributed by atoms with Gasteiger partial charge in [-0.3, -0.25) is 4.79 Å². The summed E-state index contributed by atoms with van der Waals surface area (Å²) in [5.41, 5.74) is 0.106. The van der Waals surface area contributed by atoms with E-state index in [2.05, 4.69) is 5.32 Å². The lowest BCUT2D eigenvalue weighted by molar-refractivity contribution is -0.129. The predicted octanol–water partition coefficient (Wildman–Crippen LogP) is 1.88. The fourth-order valence-corrected chi connectivity index (χ4v) is 2.36. The third-order valence-electron chi connectivity index (χ3n) is 3.40. The van der Waals surface area contributed by atoms with E-state index in [1.165, 1.54) is 0 Å². The molecule has 2 aromatic rings. The molecule has 2 aromatic carbocycles. The van der Waals surface area contributed by atoms with E-state index in [0.717, 1.165) is 0 Å². The minimum absolute atomic E-state index is 0.432. The molecule has 1 amide bonds. The van der Waals surface area contributed by atoms with Crippen LogP contribution in [0.4, 0.5) is 5.69 Å². The number of carbonyl (C=O) groups excluding carboxylic acids is 1. The number of anilines is 1. The lowest BCUT2D eigenvalue weighted by atomic mass is 9.87. The van der Waals surface area contributed by atoms with E-state index in [1.807, 2.05) is 6.07 Å². The van der Waals surface area contributed by atoms with Gasteiger partial charge >= 0.3 is 0 Å². The number of hydrogen-bond acceptors (Lipinski definition) is 3. The Morgan fingerprint density at radius 3 is 2.47 bits per heavy atom. The topological polar surface area (TPSA) is 58.6 Å². The molecule has 0 radical (unpaired) electrons. The SMILES string of the molecule is COc1ccc([C@@]2(O)C(=O)Nc3ccccc32)cc1. The molecule has 0 saturated heterocycles. The number of amides is 1. The number of aliphatic hydroxyl groups is 1. The third kappa shape index (κ3) is 1.61. The number of carbonyl (C=O) groups is 1. The van der Waals surface area contributed by atoms with E-state index in [4.69, 9.17) is 4.74 Å². The van der Waals surface area contributed by atoms with Crippen LogP contribution in [-0.2, 0) is 10.4 Å². The van der Waals surface area contributed by atoms with Gasteiger partial charge in [-0.1, -0.05) is 30.3 Å². The largest absolute Gasteiger partial charge is 0.497 e. The molecule has 0 aliphatic carbocycles. The quantitative estimate of drug-likeness (QED) is 0.861. The number of hydrogen-bond donors (Lipinski definition) is 2. The van der Waals surface area contributed by atoms with Gasteiger partial charge in [0.1, 0.15) is 5.75 Å². The third-order valence-corrected chi connectivity index (χ3v) is 3.40. The highest BCUT2D eigenvalue weighted by atomic mass is 16.5. The minimum atomic E-state index is -1.64. The molecule has 2 N–H and O–H groups in total. The van der Waals surface area contributed by atoms with Crippen molar-refractivity contribution in [3.8, 4) is 5.75 Å². The maximum Gasteiger partial charge on any atom is 0.265 e. The van der Waals surface area contributed by atoms with Crippen molar-refractivity contribution in [2.45, 2.75) is 5.60 Å². The number of nitrogens with one attached hydrogen (secondary N) is 1. The van der Waals surface area contributed by atoms with E-state index in [1.54, 1.807) is 49.6 Å². The van der Waals surface area contributed by atoms with E-state index >= 15 is 0 Å². The van der Waals surface area contributed by atoms with Gasteiger partial charge in [0.2, 0.25) is 0 Å². The highest BCUT2D eigenvalue weighted by Gasteiger charge is 2.46. The molecule has 1 aliphatic rings. The Bertz CT molecular complexity index is 636. The van der Waals surface area contributed by atoms with Gasteiger partial charge in [-0.15, -0.1) is 0 Å². The van der Waals surface area contributed by atoms with Crippen molar-refractivity contribution >= 4 is 11.6 Å². The highest BCUT2D eigenvalue weighted by molar-refractivity contribution is 6.07. The summed E-state index contributed by atoms with van der Waals surface area (Å²) in [5, 5.41) is 13.5. The van der Waals surface area contributed by atoms with Gasteiger partial charge in [0, 0.05) is 11.3 Å². The first-order chi connectivity index (χ1) is 9.16. The van der Waals surface area contributed by atoms with Gasteiger partial charge in [-0.05, 0) is 23.8 Å². The van der Waals surface area contributed by atoms with Crippen LogP contribution in [-0.4, -0.2) is 18.1 Å². The van der Waals surface area contributed by atoms with Crippen LogP contribution in [0.2, 0.25) is 0 Å². The molecule has 3 rings (SSSR count). The average Bonchev–Trinajstić information content (AvgIpc) is 2.72. The summed E-state index contributed by atoms with van der Waals surface area (Å²) >= 11 is 0. The Labute approximate surface area is 110 Å². The average molecular weight is 255 g/mol. The van der Waals surface area contributed by atoms with Gasteiger partial charge < -0.3 is 15.2 Å². The van der Waals surface area contributed by atoms with Gasteiger partial charge in [-0.2, -0.15) is 0 Å². The van der Waals surface area contributed by atoms with Gasteiger partial charge in [-0.25, -0.2) is 0 Å². The van der Waals surface area contributed by atoms with E-state index in [-0.39, 0.29) is 0 Å². The Balaban J connectivity index is 2.14. The van der Waals surface area contributed by atoms with Crippen molar-refractivity contribution in [2.75, 3.05) is 12.4 Å². The second-order valence-corrected chi connectivity index (χ2v) is 4.44. The zero-order chi connectivity index (χ0) is 13.5. The van der Waals surface area contributed by atoms with Crippen LogP contribution in [0.1, 0.15) is 11.1 Å². The Morgan fingerprint density at radius 2 is 1.79 bits per heavy atom. The van der Waals surface area contributed by atoms with Gasteiger partial charge in [0.25, 0.3) is 5.91 Å². The molecule has 0 saturated carbocycles. The van der Waals surface area contributed by atoms with Crippen molar-refractivity contribution < 1.29 is 14.6 Å². The van der Waals surface area contributed by atoms with Crippen LogP contribution in [0, 0.1) is 0 Å². The Kier molecular flexibility index (Phi) is 2.54. The molecule has 4 heteroatoms. The van der Waals surface area contributed by atoms with Gasteiger partial charge in [0.05, 0.1) is 7.11 Å². The summed E-state index contributed by atoms with van der Waals surface area (Å²) < 4.78 is 5.08. The maximum absolute atomic E-state index is 12.1. The zero-order valence-corrected chi connectivity index (χ0v) is 10.4. The lowest BCUT2D eigenvalue weighted by Gasteiger charge is -2.21. The van der Waals surface area contributed by atoms with Crippen LogP contribution in [0.25, 0.3) is 0 Å². The first kappa shape index (κ1) is 11.7. The fraction of sp³-hybridized carbons (Fsp3) is 0.133. The van der Waals surface area contributed by atoms with E-state index in [0.29, 0.717) is 22.6 Å². The normalized spacial score (nSPS) is 20.8. The molecular weight excluding hydrogens is 242 g/mol. The number of benzene rings is 2. The van der Waals surface area contributed by atoms with Crippen molar-refractivity contribution in [2.24, 2.45) is 0 Å². The van der Waals surface area contributed by atoms with Crippen LogP contribution >= 0.6 is 0 Å². The number of fused-ring (bicyclic) bond motifs is 1. The summed E-state index contributed by atoms with van der Waals surface area (Å²) in [4.78, 5) is 12.1. The number of ether oxygens (including phenoxy) is 1. The number of para-hydroxylation sites is 1. The molecule has 0 fully saturated rings. The first-order valence-corrected chi connectivity index (χ1v) is 5.94. The van der Waals surface area contributed by atoms with Crippen LogP contribution in [0.15, 0.2) is 48.5 Å². The summed E-state index contributed by atoms with van der Waals surface area (Å²) in [7, 11) is 1.57. The Morgan fingerprint density at radius 1 is 1.11 bits per heavy atom. The molecule has 0 bridgehead atoms. The Hall–Kier alpha value is -2.33. The van der Waals surface area contributed by atoms with Crippen molar-refractivity contribution in [1.29, 1.82) is 0 Å². The molecular formula is C15H13NO3. The molecule has 1 atom stereocenters. The van der Waals surface area contributed by atoms with Crippen LogP contribution in [0.5, 0.6) is 5.75 Å². The molecule has 96 valence electrons. The molecule has 1 aliphatic heterocycles. The number of rotatable bonds is 2. The summed E-state index contributed by atoms with van der Waals surface area (Å²) in [6.45, 7) is 0. The molecule has 19 heavy (non-hydrogen) atoms. The summed E-state index contributed by atoms with van der Waals surface area (Å²) in [6, 6.07) is 14.0. The predicted molar refractivity (Wildman–Crippen MR) is 71.1 cm³/mol. The minimum Gasteiger partial charge on any atom is -0.497 e. The van der Waals surface area contributed by atoms with Crippen LogP contribution < -0.4 is 10.1 Å². The smallest absolute Gasteiger partial charge is 0.265 e. The van der Waals surface area contributed by atoms with Crippen molar-refractivity contribution in [3.63, 3.8) is 0 Å².